The number of nitrogens with one attached hydrogen (secondary N) is 1. The summed E-state index contributed by atoms with van der Waals surface area (Å²) in [6.07, 6.45) is 11.3. The Morgan fingerprint density at radius 1 is 1.26 bits per heavy atom. The average molecular weight is 310 g/mol. The third-order valence-electron chi connectivity index (χ3n) is 2.29. The number of rotatable bonds is 7. The van der Waals surface area contributed by atoms with Crippen molar-refractivity contribution in [3.05, 3.63) is 78.3 Å². The fourth-order valence-electron chi connectivity index (χ4n) is 1.28. The van der Waals surface area contributed by atoms with Crippen molar-refractivity contribution in [2.75, 3.05) is 13.1 Å². The molecule has 0 spiro atoms. The first kappa shape index (κ1) is 19.5. The second-order valence-electron chi connectivity index (χ2n) is 3.98. The van der Waals surface area contributed by atoms with Crippen molar-refractivity contribution in [3.8, 4) is 12.1 Å². The molecule has 0 aliphatic heterocycles. The molecule has 0 unspecified atom stereocenters. The zero-order valence-electron chi connectivity index (χ0n) is 12.7. The standard InChI is InChI=1S/C12H13N3.C5H5NO2/c1-3-7-15(8-4-2)9-5-6-12(10-13)11-14;1-2-4-3-8-5(7)6-4/h3-6,9H,1-2,7-8H2;2-3H,1H2,(H,6,7). The Balaban J connectivity index is 0.000000502. The summed E-state index contributed by atoms with van der Waals surface area (Å²) in [4.78, 5) is 14.5. The van der Waals surface area contributed by atoms with Crippen LogP contribution in [0.4, 0.5) is 0 Å². The number of hydrogen-bond donors (Lipinski definition) is 1. The molecule has 0 radical (unpaired) electrons. The van der Waals surface area contributed by atoms with Gasteiger partial charge in [-0.3, -0.25) is 4.98 Å². The molecule has 0 saturated heterocycles. The number of aromatic nitrogens is 1. The van der Waals surface area contributed by atoms with Gasteiger partial charge in [-0.05, 0) is 24.4 Å². The molecule has 1 heterocycles. The molecule has 0 amide bonds. The molecule has 0 aromatic carbocycles. The molecular weight excluding hydrogens is 292 g/mol. The number of allylic oxidation sites excluding steroid dienone is 3. The third kappa shape index (κ3) is 9.11. The molecule has 0 atom stereocenters. The van der Waals surface area contributed by atoms with Gasteiger partial charge in [-0.25, -0.2) is 4.79 Å². The Kier molecular flexibility index (Phi) is 10.4. The van der Waals surface area contributed by atoms with Crippen LogP contribution in [0.15, 0.2) is 71.3 Å². The lowest BCUT2D eigenvalue weighted by molar-refractivity contribution is 0.463. The minimum Gasteiger partial charge on any atom is -0.416 e. The lowest BCUT2D eigenvalue weighted by Crippen LogP contribution is -2.16. The Morgan fingerprint density at radius 2 is 1.87 bits per heavy atom. The molecule has 0 bridgehead atoms. The van der Waals surface area contributed by atoms with Gasteiger partial charge in [0.05, 0.1) is 5.69 Å². The van der Waals surface area contributed by atoms with Gasteiger partial charge in [0, 0.05) is 13.1 Å². The molecule has 6 heteroatoms. The number of oxazole rings is 1. The van der Waals surface area contributed by atoms with E-state index in [2.05, 4.69) is 29.1 Å². The first-order chi connectivity index (χ1) is 11.1. The molecule has 23 heavy (non-hydrogen) atoms. The van der Waals surface area contributed by atoms with E-state index >= 15 is 0 Å². The highest BCUT2D eigenvalue weighted by molar-refractivity contribution is 5.38. The molecular formula is C17H18N4O2. The molecule has 1 aromatic heterocycles. The first-order valence-corrected chi connectivity index (χ1v) is 6.56. The van der Waals surface area contributed by atoms with Crippen molar-refractivity contribution >= 4 is 6.08 Å². The molecule has 0 fully saturated rings. The number of hydrogen-bond acceptors (Lipinski definition) is 5. The van der Waals surface area contributed by atoms with Crippen LogP contribution in [0.1, 0.15) is 5.69 Å². The summed E-state index contributed by atoms with van der Waals surface area (Å²) in [5, 5.41) is 17.0. The summed E-state index contributed by atoms with van der Waals surface area (Å²) in [6, 6.07) is 3.56. The summed E-state index contributed by atoms with van der Waals surface area (Å²) in [6.45, 7) is 12.1. The van der Waals surface area contributed by atoms with E-state index in [0.29, 0.717) is 18.8 Å². The zero-order chi connectivity index (χ0) is 17.5. The second kappa shape index (κ2) is 12.2. The van der Waals surface area contributed by atoms with Gasteiger partial charge in [0.15, 0.2) is 0 Å². The highest BCUT2D eigenvalue weighted by Crippen LogP contribution is 1.94. The second-order valence-corrected chi connectivity index (χ2v) is 3.98. The Morgan fingerprint density at radius 3 is 2.22 bits per heavy atom. The van der Waals surface area contributed by atoms with Gasteiger partial charge in [0.2, 0.25) is 0 Å². The molecule has 0 aliphatic carbocycles. The largest absolute Gasteiger partial charge is 0.416 e. The maximum Gasteiger partial charge on any atom is 0.416 e. The molecule has 6 nitrogen and oxygen atoms in total. The first-order valence-electron chi connectivity index (χ1n) is 6.56. The summed E-state index contributed by atoms with van der Waals surface area (Å²) in [7, 11) is 0. The monoisotopic (exact) mass is 310 g/mol. The molecule has 1 N–H and O–H groups in total. The average Bonchev–Trinajstić information content (AvgIpc) is 2.98. The Bertz CT molecular complexity index is 682. The normalized spacial score (nSPS) is 8.78. The number of nitriles is 2. The summed E-state index contributed by atoms with van der Waals surface area (Å²) in [5.41, 5.74) is 0.693. The third-order valence-corrected chi connectivity index (χ3v) is 2.29. The van der Waals surface area contributed by atoms with E-state index in [1.54, 1.807) is 36.6 Å². The van der Waals surface area contributed by atoms with Crippen LogP contribution >= 0.6 is 0 Å². The van der Waals surface area contributed by atoms with Crippen LogP contribution in [0.3, 0.4) is 0 Å². The van der Waals surface area contributed by atoms with E-state index in [-0.39, 0.29) is 5.57 Å². The van der Waals surface area contributed by atoms with Crippen molar-refractivity contribution in [1.82, 2.24) is 9.88 Å². The van der Waals surface area contributed by atoms with E-state index in [0.717, 1.165) is 0 Å². The van der Waals surface area contributed by atoms with Crippen LogP contribution in [0, 0.1) is 22.7 Å². The molecule has 1 aromatic rings. The van der Waals surface area contributed by atoms with Crippen LogP contribution in [0.25, 0.3) is 6.08 Å². The van der Waals surface area contributed by atoms with Gasteiger partial charge in [-0.2, -0.15) is 10.5 Å². The van der Waals surface area contributed by atoms with Crippen LogP contribution < -0.4 is 5.76 Å². The van der Waals surface area contributed by atoms with Crippen LogP contribution in [-0.2, 0) is 0 Å². The minimum atomic E-state index is -0.445. The van der Waals surface area contributed by atoms with Crippen LogP contribution in [0.2, 0.25) is 0 Å². The maximum absolute atomic E-state index is 10.2. The zero-order valence-corrected chi connectivity index (χ0v) is 12.7. The van der Waals surface area contributed by atoms with Crippen molar-refractivity contribution < 1.29 is 4.42 Å². The van der Waals surface area contributed by atoms with Gasteiger partial charge >= 0.3 is 5.76 Å². The van der Waals surface area contributed by atoms with Crippen LogP contribution in [-0.4, -0.2) is 23.0 Å². The van der Waals surface area contributed by atoms with Gasteiger partial charge < -0.3 is 9.32 Å². The van der Waals surface area contributed by atoms with Crippen molar-refractivity contribution in [1.29, 1.82) is 10.5 Å². The van der Waals surface area contributed by atoms with E-state index < -0.39 is 5.76 Å². The number of aromatic amines is 1. The van der Waals surface area contributed by atoms with Crippen molar-refractivity contribution in [3.63, 3.8) is 0 Å². The van der Waals surface area contributed by atoms with E-state index in [1.165, 1.54) is 18.4 Å². The van der Waals surface area contributed by atoms with E-state index in [1.807, 2.05) is 4.90 Å². The number of nitrogens with zero attached hydrogens (tertiary/aromatic N) is 3. The maximum atomic E-state index is 10.2. The van der Waals surface area contributed by atoms with Crippen molar-refractivity contribution in [2.45, 2.75) is 0 Å². The topological polar surface area (TPSA) is 96.8 Å². The van der Waals surface area contributed by atoms with Crippen LogP contribution in [0.5, 0.6) is 0 Å². The fourth-order valence-corrected chi connectivity index (χ4v) is 1.28. The molecule has 1 rings (SSSR count). The van der Waals surface area contributed by atoms with Gasteiger partial charge in [-0.15, -0.1) is 13.2 Å². The molecule has 0 saturated carbocycles. The van der Waals surface area contributed by atoms with Gasteiger partial charge in [0.1, 0.15) is 24.0 Å². The quantitative estimate of drug-likeness (QED) is 0.474. The smallest absolute Gasteiger partial charge is 0.416 e. The molecule has 118 valence electrons. The highest BCUT2D eigenvalue weighted by Gasteiger charge is 1.91. The Labute approximate surface area is 135 Å². The van der Waals surface area contributed by atoms with Gasteiger partial charge in [-0.1, -0.05) is 18.7 Å². The Hall–Kier alpha value is -3.51. The number of H-pyrrole nitrogens is 1. The summed E-state index contributed by atoms with van der Waals surface area (Å²) < 4.78 is 4.37. The lowest BCUT2D eigenvalue weighted by Gasteiger charge is -2.14. The highest BCUT2D eigenvalue weighted by atomic mass is 16.4. The summed E-state index contributed by atoms with van der Waals surface area (Å²) >= 11 is 0. The van der Waals surface area contributed by atoms with E-state index in [9.17, 15) is 4.79 Å². The minimum absolute atomic E-state index is 0.0865. The van der Waals surface area contributed by atoms with Gasteiger partial charge in [0.25, 0.3) is 0 Å². The molecule has 0 aliphatic rings. The van der Waals surface area contributed by atoms with E-state index in [4.69, 9.17) is 10.5 Å². The fraction of sp³-hybridized carbons (Fsp3) is 0.118. The lowest BCUT2D eigenvalue weighted by atomic mass is 10.3. The van der Waals surface area contributed by atoms with Crippen molar-refractivity contribution in [2.24, 2.45) is 0 Å². The summed E-state index contributed by atoms with van der Waals surface area (Å²) in [5.74, 6) is -0.445. The SMILES string of the molecule is C=CCN(C=CC=C(C#N)C#N)CC=C.C=Cc1coc(=O)[nH]1. The predicted octanol–water partition coefficient (Wildman–Crippen LogP) is 2.76. The predicted molar refractivity (Wildman–Crippen MR) is 89.8 cm³/mol.